The average Bonchev–Trinajstić information content (AvgIpc) is 0.907. The van der Waals surface area contributed by atoms with Crippen molar-refractivity contribution >= 4 is 59.1 Å². The van der Waals surface area contributed by atoms with Crippen LogP contribution >= 0.6 is 0 Å². The van der Waals surface area contributed by atoms with Gasteiger partial charge in [0.1, 0.15) is 57.8 Å². The third kappa shape index (κ3) is 49.0. The number of likely N-dealkylation sites (N-methyl/N-ethyl adjacent to an activating group) is 2. The number of methoxy groups -OCH3 is 1. The van der Waals surface area contributed by atoms with Gasteiger partial charge in [-0.3, -0.25) is 83.0 Å². The normalized spacial score (nSPS) is 9.81. The molecule has 118 heavy (non-hydrogen) atoms. The number of aryl methyl sites for hydroxylation is 9. The minimum atomic E-state index is -1.08. The maximum absolute atomic E-state index is 11.7. The molecule has 0 bridgehead atoms. The number of nitrogens with one attached hydrogen (secondary N) is 7. The zero-order chi connectivity index (χ0) is 88.2. The Morgan fingerprint density at radius 3 is 0.941 bits per heavy atom. The molecule has 634 valence electrons. The molecule has 0 aliphatic rings. The summed E-state index contributed by atoms with van der Waals surface area (Å²) >= 11 is 0. The van der Waals surface area contributed by atoms with Gasteiger partial charge in [0, 0.05) is 122 Å². The van der Waals surface area contributed by atoms with E-state index in [1.165, 1.54) is 18.5 Å². The summed E-state index contributed by atoms with van der Waals surface area (Å²) in [6.45, 7) is 24.9. The zero-order valence-corrected chi connectivity index (χ0v) is 70.0. The molecule has 7 amide bonds. The molecule has 9 aromatic heterocycles. The molecule has 0 aliphatic heterocycles. The number of pyridine rings is 9. The number of carboxylic acid groups (broad SMARTS) is 2. The molecular weight excluding hydrogens is 1510 g/mol. The molecule has 0 aliphatic carbocycles. The smallest absolute Gasteiger partial charge is 0.354 e. The molecule has 9 aromatic rings. The lowest BCUT2D eigenvalue weighted by Crippen LogP contribution is -2.31. The van der Waals surface area contributed by atoms with Crippen molar-refractivity contribution in [1.29, 1.82) is 0 Å². The first-order chi connectivity index (χ1) is 56.3. The average molecular weight is 1630 g/mol. The van der Waals surface area contributed by atoms with Crippen LogP contribution in [0.1, 0.15) is 183 Å². The lowest BCUT2D eigenvalue weighted by atomic mass is 10.2. The molecular formula is C85H116N20O13. The van der Waals surface area contributed by atoms with Gasteiger partial charge in [-0.2, -0.15) is 0 Å². The van der Waals surface area contributed by atoms with Crippen molar-refractivity contribution < 1.29 is 62.9 Å². The number of aromatic carboxylic acids is 1. The Morgan fingerprint density at radius 1 is 0.364 bits per heavy atom. The summed E-state index contributed by atoms with van der Waals surface area (Å²) in [4.78, 5) is 148. The van der Waals surface area contributed by atoms with E-state index in [2.05, 4.69) is 82.1 Å². The van der Waals surface area contributed by atoms with Gasteiger partial charge in [0.15, 0.2) is 5.78 Å². The second-order valence-electron chi connectivity index (χ2n) is 26.2. The number of amides is 7. The summed E-state index contributed by atoms with van der Waals surface area (Å²) in [7, 11) is 7.38. The van der Waals surface area contributed by atoms with E-state index in [4.69, 9.17) is 32.2 Å². The third-order valence-electron chi connectivity index (χ3n) is 15.1. The first-order valence-electron chi connectivity index (χ1n) is 37.8. The van der Waals surface area contributed by atoms with Crippen LogP contribution in [0.5, 0.6) is 0 Å². The number of aliphatic carboxylic acids is 1. The predicted octanol–water partition coefficient (Wildman–Crippen LogP) is 7.27. The Balaban J connectivity index is 0.000000666. The maximum Gasteiger partial charge on any atom is 0.354 e. The highest BCUT2D eigenvalue weighted by Crippen LogP contribution is 2.08. The lowest BCUT2D eigenvalue weighted by molar-refractivity contribution is -0.135. The topological polar surface area (TPSA) is 502 Å². The second-order valence-corrected chi connectivity index (χ2v) is 26.2. The zero-order valence-electron chi connectivity index (χ0n) is 70.0. The van der Waals surface area contributed by atoms with Crippen molar-refractivity contribution in [3.05, 3.63) is 266 Å². The van der Waals surface area contributed by atoms with Gasteiger partial charge in [0.25, 0.3) is 41.4 Å². The number of primary amides is 1. The van der Waals surface area contributed by atoms with Crippen LogP contribution in [0.4, 0.5) is 0 Å². The van der Waals surface area contributed by atoms with Crippen LogP contribution in [-0.2, 0) is 9.53 Å². The molecule has 0 aromatic carbocycles. The van der Waals surface area contributed by atoms with Gasteiger partial charge in [-0.1, -0.05) is 19.8 Å². The highest BCUT2D eigenvalue weighted by Gasteiger charge is 2.12. The number of ether oxygens (including phenoxy) is 1. The molecule has 0 unspecified atom stereocenters. The van der Waals surface area contributed by atoms with Crippen molar-refractivity contribution in [3.63, 3.8) is 0 Å². The molecule has 0 radical (unpaired) electrons. The van der Waals surface area contributed by atoms with Crippen LogP contribution in [0, 0.1) is 62.3 Å². The van der Waals surface area contributed by atoms with Crippen LogP contribution in [0.3, 0.4) is 0 Å². The number of carbonyl (C=O) groups excluding carboxylic acids is 8. The van der Waals surface area contributed by atoms with E-state index in [0.29, 0.717) is 92.2 Å². The van der Waals surface area contributed by atoms with E-state index in [0.717, 1.165) is 95.4 Å². The fourth-order valence-electron chi connectivity index (χ4n) is 8.83. The number of nitrogens with two attached hydrogens (primary N) is 3. The Morgan fingerprint density at radius 2 is 0.653 bits per heavy atom. The molecule has 0 atom stereocenters. The minimum Gasteiger partial charge on any atom is -0.480 e. The number of aromatic nitrogens is 9. The minimum absolute atomic E-state index is 0.0903. The van der Waals surface area contributed by atoms with Crippen LogP contribution < -0.4 is 54.4 Å². The van der Waals surface area contributed by atoms with Gasteiger partial charge in [-0.05, 0) is 262 Å². The largest absolute Gasteiger partial charge is 0.480 e. The summed E-state index contributed by atoms with van der Waals surface area (Å²) in [6, 6.07) is 32.0. The fourth-order valence-corrected chi connectivity index (χ4v) is 8.83. The number of rotatable bonds is 29. The SMILES string of the molecule is CCC(=O)c1cc(C)ccn1.CNCCNC(=O)c1cc(C)ccn1.COCCNC(=O)c1cc(C)ccn1.Cc1ccnc(C(=O)NCC(=O)O)c1.Cc1ccnc(C(=O)NCCCCCCN)c1.Cc1ccnc(C(=O)NCCN(C)C)c1.Cc1ccnc(C(=O)NCCN)c1.Cc1ccnc(C(=O)O)c1.Cc1ccnc(C(N)=O)c1. The molecule has 33 nitrogen and oxygen atoms in total. The number of ketones is 1. The Labute approximate surface area is 690 Å². The number of nitrogens with zero attached hydrogens (tertiary/aromatic N) is 10. The van der Waals surface area contributed by atoms with E-state index < -0.39 is 30.3 Å². The Bertz CT molecular complexity index is 4430. The molecule has 0 spiro atoms. The van der Waals surface area contributed by atoms with Gasteiger partial charge in [0.05, 0.1) is 6.61 Å². The Kier molecular flexibility index (Phi) is 53.7. The molecule has 33 heteroatoms. The number of hydrogen-bond acceptors (Lipinski definition) is 24. The predicted molar refractivity (Wildman–Crippen MR) is 453 cm³/mol. The van der Waals surface area contributed by atoms with Crippen LogP contribution in [0.25, 0.3) is 0 Å². The molecule has 0 saturated carbocycles. The number of unbranched alkanes of at least 4 members (excludes halogenated alkanes) is 3. The van der Waals surface area contributed by atoms with Crippen molar-refractivity contribution in [2.75, 3.05) is 100 Å². The van der Waals surface area contributed by atoms with Crippen molar-refractivity contribution in [2.24, 2.45) is 17.2 Å². The third-order valence-corrected chi connectivity index (χ3v) is 15.1. The summed E-state index contributed by atoms with van der Waals surface area (Å²) < 4.78 is 4.82. The summed E-state index contributed by atoms with van der Waals surface area (Å²) in [5, 5.41) is 35.7. The molecule has 15 N–H and O–H groups in total. The van der Waals surface area contributed by atoms with E-state index in [1.54, 1.807) is 105 Å². The molecule has 0 fully saturated rings. The molecule has 0 saturated heterocycles. The Hall–Kier alpha value is -13.0. The van der Waals surface area contributed by atoms with Gasteiger partial charge in [0.2, 0.25) is 0 Å². The highest BCUT2D eigenvalue weighted by molar-refractivity contribution is 5.96. The molecule has 9 heterocycles. The van der Waals surface area contributed by atoms with Crippen LogP contribution in [0.2, 0.25) is 0 Å². The van der Waals surface area contributed by atoms with Gasteiger partial charge in [-0.25, -0.2) is 9.78 Å². The highest BCUT2D eigenvalue weighted by atomic mass is 16.5. The standard InChI is InChI=1S/C13H21N3O.C11H17N3O.C10H15N3O.C10H14N2O2.C9H13N3O.C9H10N2O3.C9H11NO.C7H8N2O.C7H7NO2/c1-11-6-9-15-12(10-11)13(17)16-8-5-3-2-4-7-14;1-9-4-5-12-10(8-9)11(15)13-6-7-14(2)3;1-8-3-4-12-9(7-8)10(14)13-6-5-11-2;1-8-3-4-11-9(7-8)10(13)12-5-6-14-2;1-7-2-4-11-8(6-7)9(13)12-5-3-10;1-6-2-3-10-7(4-6)9(14)11-5-8(12)13;1-3-9(11)8-6-7(2)4-5-10-8;1-5-2-3-9-6(4-5)7(8)10;1-5-2-3-8-6(4-5)7(9)10/h6,9-10H,2-5,7-8,14H2,1H3,(H,16,17);4-5,8H,6-7H2,1-3H3,(H,13,15);3-4,7,11H,5-6H2,1-2H3,(H,13,14);3-4,7H,5-6H2,1-2H3,(H,12,13);2,4,6H,3,5,10H2,1H3,(H,12,13);2-4H,5H2,1H3,(H,11,14)(H,12,13);4-6H,3H2,1-2H3;2-4H,1H3,(H2,8,10);2-4H,1H3,(H,9,10). The fraction of sp³-hybridized carbons (Fsp3) is 0.353. The van der Waals surface area contributed by atoms with Gasteiger partial charge >= 0.3 is 11.9 Å². The summed E-state index contributed by atoms with van der Waals surface area (Å²) in [5.41, 5.74) is 28.2. The van der Waals surface area contributed by atoms with E-state index in [9.17, 15) is 47.9 Å². The monoisotopic (exact) mass is 1620 g/mol. The first kappa shape index (κ1) is 103. The van der Waals surface area contributed by atoms with Crippen LogP contribution in [-0.4, -0.2) is 219 Å². The van der Waals surface area contributed by atoms with Gasteiger partial charge < -0.3 is 74.3 Å². The quantitative estimate of drug-likeness (QED) is 0.0162. The second kappa shape index (κ2) is 61.5. The first-order valence-corrected chi connectivity index (χ1v) is 37.8. The lowest BCUT2D eigenvalue weighted by Gasteiger charge is -2.10. The van der Waals surface area contributed by atoms with E-state index in [1.807, 2.05) is 144 Å². The summed E-state index contributed by atoms with van der Waals surface area (Å²) in [5.74, 6) is -3.57. The summed E-state index contributed by atoms with van der Waals surface area (Å²) in [6.07, 6.45) is 19.2. The number of carboxylic acids is 2. The number of carbonyl (C=O) groups is 10. The van der Waals surface area contributed by atoms with Gasteiger partial charge in [-0.15, -0.1) is 0 Å². The molecule has 9 rings (SSSR count). The van der Waals surface area contributed by atoms with E-state index in [-0.39, 0.29) is 46.7 Å². The van der Waals surface area contributed by atoms with Crippen molar-refractivity contribution in [1.82, 2.24) is 87.0 Å². The van der Waals surface area contributed by atoms with Crippen molar-refractivity contribution in [3.8, 4) is 0 Å². The number of hydrogen-bond donors (Lipinski definition) is 12. The van der Waals surface area contributed by atoms with Crippen molar-refractivity contribution in [2.45, 2.75) is 101 Å². The maximum atomic E-state index is 11.7. The van der Waals surface area contributed by atoms with E-state index >= 15 is 0 Å². The van der Waals surface area contributed by atoms with Crippen LogP contribution in [0.15, 0.2) is 165 Å². The number of Topliss-reactive ketones (excluding diaryl/α,β-unsaturated/α-hetero) is 1.